The Hall–Kier alpha value is -2.63. The monoisotopic (exact) mass is 286 g/mol. The van der Waals surface area contributed by atoms with Crippen LogP contribution in [0.2, 0.25) is 0 Å². The second kappa shape index (κ2) is 5.05. The molecular formula is C15H14N2O4. The molecule has 1 fully saturated rings. The van der Waals surface area contributed by atoms with Gasteiger partial charge < -0.3 is 15.0 Å². The van der Waals surface area contributed by atoms with Gasteiger partial charge in [-0.25, -0.2) is 4.79 Å². The van der Waals surface area contributed by atoms with Gasteiger partial charge in [-0.15, -0.1) is 0 Å². The summed E-state index contributed by atoms with van der Waals surface area (Å²) in [5, 5.41) is 9.93. The maximum absolute atomic E-state index is 12.6. The maximum Gasteiger partial charge on any atom is 0.326 e. The zero-order chi connectivity index (χ0) is 15.0. The number of carbonyl (C=O) groups excluding carboxylic acids is 1. The number of aromatic amines is 1. The van der Waals surface area contributed by atoms with E-state index in [-0.39, 0.29) is 11.5 Å². The van der Waals surface area contributed by atoms with Crippen LogP contribution in [-0.2, 0) is 4.79 Å². The number of H-pyrrole nitrogens is 1. The van der Waals surface area contributed by atoms with Crippen LogP contribution >= 0.6 is 0 Å². The number of hydrogen-bond donors (Lipinski definition) is 2. The van der Waals surface area contributed by atoms with E-state index in [1.54, 1.807) is 24.3 Å². The Bertz CT molecular complexity index is 781. The number of nitrogens with one attached hydrogen (secondary N) is 1. The summed E-state index contributed by atoms with van der Waals surface area (Å²) in [5.41, 5.74) is 0.489. The van der Waals surface area contributed by atoms with Gasteiger partial charge in [0, 0.05) is 12.6 Å². The molecule has 0 unspecified atom stereocenters. The highest BCUT2D eigenvalue weighted by Gasteiger charge is 2.34. The third kappa shape index (κ3) is 2.29. The van der Waals surface area contributed by atoms with Gasteiger partial charge in [0.15, 0.2) is 0 Å². The molecule has 1 aliphatic rings. The Kier molecular flexibility index (Phi) is 3.21. The Labute approximate surface area is 120 Å². The molecule has 1 aliphatic heterocycles. The van der Waals surface area contributed by atoms with E-state index in [1.165, 1.54) is 11.0 Å². The molecule has 6 nitrogen and oxygen atoms in total. The highest BCUT2D eigenvalue weighted by molar-refractivity contribution is 6.06. The largest absolute Gasteiger partial charge is 0.480 e. The number of benzene rings is 1. The summed E-state index contributed by atoms with van der Waals surface area (Å²) in [6.07, 6.45) is 1.13. The smallest absolute Gasteiger partial charge is 0.326 e. The second-order valence-electron chi connectivity index (χ2n) is 5.09. The Morgan fingerprint density at radius 2 is 2.05 bits per heavy atom. The molecule has 2 N–H and O–H groups in total. The van der Waals surface area contributed by atoms with Gasteiger partial charge in [-0.2, -0.15) is 0 Å². The quantitative estimate of drug-likeness (QED) is 0.868. The molecule has 2 heterocycles. The number of rotatable bonds is 2. The maximum atomic E-state index is 12.6. The van der Waals surface area contributed by atoms with Gasteiger partial charge in [0.2, 0.25) is 5.56 Å². The van der Waals surface area contributed by atoms with Gasteiger partial charge >= 0.3 is 5.97 Å². The summed E-state index contributed by atoms with van der Waals surface area (Å²) in [4.78, 5) is 39.3. The van der Waals surface area contributed by atoms with Crippen LogP contribution in [0.15, 0.2) is 35.1 Å². The first kappa shape index (κ1) is 13.4. The molecule has 0 spiro atoms. The first-order valence-electron chi connectivity index (χ1n) is 6.74. The van der Waals surface area contributed by atoms with E-state index < -0.39 is 12.0 Å². The normalized spacial score (nSPS) is 18.1. The highest BCUT2D eigenvalue weighted by Crippen LogP contribution is 2.23. The molecule has 0 aliphatic carbocycles. The number of fused-ring (bicyclic) bond motifs is 1. The number of amides is 1. The fourth-order valence-electron chi connectivity index (χ4n) is 2.78. The third-order valence-corrected chi connectivity index (χ3v) is 3.79. The number of pyridine rings is 1. The molecule has 2 aromatic rings. The van der Waals surface area contributed by atoms with E-state index in [0.29, 0.717) is 30.5 Å². The predicted octanol–water partition coefficient (Wildman–Crippen LogP) is 1.22. The molecule has 0 radical (unpaired) electrons. The average molecular weight is 286 g/mol. The van der Waals surface area contributed by atoms with Gasteiger partial charge in [-0.05, 0) is 30.4 Å². The molecule has 6 heteroatoms. The van der Waals surface area contributed by atoms with E-state index in [0.717, 1.165) is 5.39 Å². The number of carbonyl (C=O) groups is 2. The number of hydrogen-bond acceptors (Lipinski definition) is 3. The lowest BCUT2D eigenvalue weighted by molar-refractivity contribution is -0.141. The van der Waals surface area contributed by atoms with Gasteiger partial charge in [0.1, 0.15) is 6.04 Å². The summed E-state index contributed by atoms with van der Waals surface area (Å²) in [6, 6.07) is 7.37. The molecule has 1 atom stereocenters. The van der Waals surface area contributed by atoms with Crippen molar-refractivity contribution in [3.63, 3.8) is 0 Å². The molecule has 3 rings (SSSR count). The van der Waals surface area contributed by atoms with Crippen molar-refractivity contribution in [3.05, 3.63) is 46.2 Å². The number of aliphatic carboxylic acids is 1. The van der Waals surface area contributed by atoms with Crippen molar-refractivity contribution < 1.29 is 14.7 Å². The SMILES string of the molecule is O=C(O)[C@H]1CCCN1C(=O)c1cccc2ccc(=O)[nH]c12. The number of carboxylic acid groups (broad SMARTS) is 1. The Balaban J connectivity index is 2.08. The van der Waals surface area contributed by atoms with Crippen molar-refractivity contribution in [2.24, 2.45) is 0 Å². The predicted molar refractivity (Wildman–Crippen MR) is 76.3 cm³/mol. The lowest BCUT2D eigenvalue weighted by Crippen LogP contribution is -2.40. The molecule has 21 heavy (non-hydrogen) atoms. The fourth-order valence-corrected chi connectivity index (χ4v) is 2.78. The standard InChI is InChI=1S/C15H14N2O4/c18-12-7-6-9-3-1-4-10(13(9)16-12)14(19)17-8-2-5-11(17)15(20)21/h1,3-4,6-7,11H,2,5,8H2,(H,16,18)(H,20,21)/t11-/m1/s1. The topological polar surface area (TPSA) is 90.5 Å². The van der Waals surface area contributed by atoms with Crippen molar-refractivity contribution >= 4 is 22.8 Å². The number of nitrogens with zero attached hydrogens (tertiary/aromatic N) is 1. The van der Waals surface area contributed by atoms with Crippen LogP contribution in [0.4, 0.5) is 0 Å². The van der Waals surface area contributed by atoms with Gasteiger partial charge in [-0.1, -0.05) is 12.1 Å². The van der Waals surface area contributed by atoms with Crippen molar-refractivity contribution in [1.82, 2.24) is 9.88 Å². The summed E-state index contributed by atoms with van der Waals surface area (Å²) in [6.45, 7) is 0.420. The number of aromatic nitrogens is 1. The lowest BCUT2D eigenvalue weighted by Gasteiger charge is -2.22. The molecule has 1 aromatic carbocycles. The third-order valence-electron chi connectivity index (χ3n) is 3.79. The van der Waals surface area contributed by atoms with Gasteiger partial charge in [0.25, 0.3) is 5.91 Å². The fraction of sp³-hybridized carbons (Fsp3) is 0.267. The summed E-state index contributed by atoms with van der Waals surface area (Å²) in [7, 11) is 0. The Morgan fingerprint density at radius 3 is 2.81 bits per heavy atom. The zero-order valence-corrected chi connectivity index (χ0v) is 11.2. The first-order chi connectivity index (χ1) is 10.1. The van der Waals surface area contributed by atoms with Crippen molar-refractivity contribution in [2.75, 3.05) is 6.54 Å². The van der Waals surface area contributed by atoms with Gasteiger partial charge in [-0.3, -0.25) is 9.59 Å². The number of carboxylic acids is 1. The van der Waals surface area contributed by atoms with Crippen LogP contribution in [0.5, 0.6) is 0 Å². The van der Waals surface area contributed by atoms with Crippen molar-refractivity contribution in [2.45, 2.75) is 18.9 Å². The lowest BCUT2D eigenvalue weighted by atomic mass is 10.1. The minimum Gasteiger partial charge on any atom is -0.480 e. The summed E-state index contributed by atoms with van der Waals surface area (Å²) in [5.74, 6) is -1.35. The molecule has 1 saturated heterocycles. The second-order valence-corrected chi connectivity index (χ2v) is 5.09. The van der Waals surface area contributed by atoms with Crippen LogP contribution in [0.1, 0.15) is 23.2 Å². The molecule has 0 bridgehead atoms. The zero-order valence-electron chi connectivity index (χ0n) is 11.2. The van der Waals surface area contributed by atoms with E-state index in [2.05, 4.69) is 4.98 Å². The van der Waals surface area contributed by atoms with Crippen LogP contribution in [0.25, 0.3) is 10.9 Å². The first-order valence-corrected chi connectivity index (χ1v) is 6.74. The van der Waals surface area contributed by atoms with Crippen LogP contribution in [0, 0.1) is 0 Å². The number of likely N-dealkylation sites (tertiary alicyclic amines) is 1. The summed E-state index contributed by atoms with van der Waals surface area (Å²) < 4.78 is 0. The minimum absolute atomic E-state index is 0.293. The van der Waals surface area contributed by atoms with Crippen LogP contribution in [-0.4, -0.2) is 39.5 Å². The van der Waals surface area contributed by atoms with E-state index in [9.17, 15) is 19.5 Å². The molecule has 1 amide bonds. The minimum atomic E-state index is -0.991. The average Bonchev–Trinajstić information content (AvgIpc) is 2.95. The van der Waals surface area contributed by atoms with Crippen molar-refractivity contribution in [1.29, 1.82) is 0 Å². The van der Waals surface area contributed by atoms with Crippen molar-refractivity contribution in [3.8, 4) is 0 Å². The van der Waals surface area contributed by atoms with E-state index in [1.807, 2.05) is 0 Å². The molecule has 1 aromatic heterocycles. The van der Waals surface area contributed by atoms with Crippen LogP contribution < -0.4 is 5.56 Å². The van der Waals surface area contributed by atoms with E-state index >= 15 is 0 Å². The number of para-hydroxylation sites is 1. The summed E-state index contributed by atoms with van der Waals surface area (Å²) >= 11 is 0. The molecular weight excluding hydrogens is 272 g/mol. The van der Waals surface area contributed by atoms with Gasteiger partial charge in [0.05, 0.1) is 11.1 Å². The molecule has 108 valence electrons. The molecule has 0 saturated carbocycles. The Morgan fingerprint density at radius 1 is 1.24 bits per heavy atom. The highest BCUT2D eigenvalue weighted by atomic mass is 16.4. The van der Waals surface area contributed by atoms with Crippen LogP contribution in [0.3, 0.4) is 0 Å². The van der Waals surface area contributed by atoms with E-state index in [4.69, 9.17) is 0 Å².